The molecule has 0 bridgehead atoms. The van der Waals surface area contributed by atoms with Crippen LogP contribution in [0.15, 0.2) is 24.3 Å². The molecule has 162 valence electrons. The summed E-state index contributed by atoms with van der Waals surface area (Å²) in [7, 11) is 0. The van der Waals surface area contributed by atoms with Gasteiger partial charge < -0.3 is 20.1 Å². The molecule has 29 heavy (non-hydrogen) atoms. The quantitative estimate of drug-likeness (QED) is 0.415. The lowest BCUT2D eigenvalue weighted by atomic mass is 9.98. The molecule has 2 rings (SSSR count). The Labute approximate surface area is 174 Å². The minimum atomic E-state index is -0.794. The lowest BCUT2D eigenvalue weighted by Crippen LogP contribution is -2.28. The van der Waals surface area contributed by atoms with E-state index in [2.05, 4.69) is 0 Å². The Balaban J connectivity index is 1.71. The van der Waals surface area contributed by atoms with Crippen LogP contribution in [-0.4, -0.2) is 56.9 Å². The van der Waals surface area contributed by atoms with Crippen molar-refractivity contribution < 1.29 is 34.0 Å². The number of carbonyl (C=O) groups excluding carboxylic acids is 1. The maximum absolute atomic E-state index is 12.9. The zero-order chi connectivity index (χ0) is 21.2. The number of Topliss-reactive ketones (excluding diaryl/α,β-unsaturated/α-hetero) is 1. The van der Waals surface area contributed by atoms with Crippen LogP contribution in [0.2, 0.25) is 0 Å². The molecule has 0 aliphatic heterocycles. The number of aliphatic hydroxyl groups is 2. The SMILES string of the molecule is O=C(O)CCCCCC[C@H]1C(=O)CC(O)[C@@H]1SCC(O)COc1ccc(F)cc1. The van der Waals surface area contributed by atoms with Gasteiger partial charge in [-0.15, -0.1) is 0 Å². The van der Waals surface area contributed by atoms with Gasteiger partial charge in [0.1, 0.15) is 24.0 Å². The molecule has 4 atom stereocenters. The number of carboxylic acids is 1. The first-order chi connectivity index (χ1) is 13.9. The molecular weight excluding hydrogens is 399 g/mol. The lowest BCUT2D eigenvalue weighted by molar-refractivity contribution is -0.137. The smallest absolute Gasteiger partial charge is 0.303 e. The highest BCUT2D eigenvalue weighted by molar-refractivity contribution is 8.00. The van der Waals surface area contributed by atoms with E-state index in [1.807, 2.05) is 0 Å². The van der Waals surface area contributed by atoms with Crippen molar-refractivity contribution in [2.45, 2.75) is 62.4 Å². The summed E-state index contributed by atoms with van der Waals surface area (Å²) >= 11 is 1.38. The van der Waals surface area contributed by atoms with Crippen molar-refractivity contribution in [1.29, 1.82) is 0 Å². The van der Waals surface area contributed by atoms with Gasteiger partial charge in [-0.25, -0.2) is 4.39 Å². The van der Waals surface area contributed by atoms with E-state index in [9.17, 15) is 24.2 Å². The number of hydrogen-bond donors (Lipinski definition) is 3. The molecule has 3 N–H and O–H groups in total. The maximum Gasteiger partial charge on any atom is 0.303 e. The standard InChI is InChI=1S/C21H29FO6S/c22-14-7-9-16(10-8-14)28-12-15(23)13-29-21-17(18(24)11-19(21)25)5-3-1-2-4-6-20(26)27/h7-10,15,17,19,21,23,25H,1-6,11-13H2,(H,26,27)/t15?,17-,19?,21+/m0/s1. The summed E-state index contributed by atoms with van der Waals surface area (Å²) in [6.45, 7) is 0.0453. The number of ether oxygens (including phenoxy) is 1. The topological polar surface area (TPSA) is 104 Å². The molecule has 1 aliphatic carbocycles. The Morgan fingerprint density at radius 1 is 1.21 bits per heavy atom. The maximum atomic E-state index is 12.9. The number of thioether (sulfide) groups is 1. The molecule has 0 heterocycles. The molecule has 1 aromatic rings. The van der Waals surface area contributed by atoms with Crippen molar-refractivity contribution in [2.75, 3.05) is 12.4 Å². The summed E-state index contributed by atoms with van der Waals surface area (Å²) in [4.78, 5) is 22.7. The number of aliphatic carboxylic acids is 1. The van der Waals surface area contributed by atoms with Gasteiger partial charge in [0, 0.05) is 29.8 Å². The normalized spacial score (nSPS) is 22.6. The minimum absolute atomic E-state index is 0.0453. The molecule has 6 nitrogen and oxygen atoms in total. The van der Waals surface area contributed by atoms with Gasteiger partial charge in [0.05, 0.1) is 12.2 Å². The van der Waals surface area contributed by atoms with E-state index in [0.29, 0.717) is 24.3 Å². The molecule has 8 heteroatoms. The number of halogens is 1. The molecule has 0 amide bonds. The number of rotatable bonds is 13. The highest BCUT2D eigenvalue weighted by atomic mass is 32.2. The van der Waals surface area contributed by atoms with E-state index in [1.54, 1.807) is 0 Å². The van der Waals surface area contributed by atoms with Crippen LogP contribution in [0.25, 0.3) is 0 Å². The fraction of sp³-hybridized carbons (Fsp3) is 0.619. The molecule has 0 radical (unpaired) electrons. The number of benzene rings is 1. The highest BCUT2D eigenvalue weighted by Gasteiger charge is 2.41. The van der Waals surface area contributed by atoms with Crippen molar-refractivity contribution in [3.05, 3.63) is 30.1 Å². The average molecular weight is 429 g/mol. The Kier molecular flexibility index (Phi) is 9.90. The Morgan fingerprint density at radius 2 is 1.90 bits per heavy atom. The summed E-state index contributed by atoms with van der Waals surface area (Å²) in [5.74, 6) is -0.547. The third-order valence-corrected chi connectivity index (χ3v) is 6.60. The number of carboxylic acid groups (broad SMARTS) is 1. The van der Waals surface area contributed by atoms with E-state index >= 15 is 0 Å². The Hall–Kier alpha value is -1.64. The number of carbonyl (C=O) groups is 2. The molecule has 1 aromatic carbocycles. The van der Waals surface area contributed by atoms with Crippen molar-refractivity contribution in [1.82, 2.24) is 0 Å². The van der Waals surface area contributed by atoms with Crippen LogP contribution in [0, 0.1) is 11.7 Å². The van der Waals surface area contributed by atoms with E-state index < -0.39 is 18.2 Å². The zero-order valence-corrected chi connectivity index (χ0v) is 17.2. The fourth-order valence-electron chi connectivity index (χ4n) is 3.47. The van der Waals surface area contributed by atoms with E-state index in [-0.39, 0.29) is 42.2 Å². The first-order valence-corrected chi connectivity index (χ1v) is 11.0. The summed E-state index contributed by atoms with van der Waals surface area (Å²) in [5, 5.41) is 28.8. The van der Waals surface area contributed by atoms with Crippen LogP contribution >= 0.6 is 11.8 Å². The second kappa shape index (κ2) is 12.1. The third kappa shape index (κ3) is 8.32. The van der Waals surface area contributed by atoms with Gasteiger partial charge in [-0.2, -0.15) is 11.8 Å². The largest absolute Gasteiger partial charge is 0.491 e. The second-order valence-corrected chi connectivity index (χ2v) is 8.62. The molecule has 1 saturated carbocycles. The molecule has 0 spiro atoms. The van der Waals surface area contributed by atoms with Gasteiger partial charge in [0.15, 0.2) is 0 Å². The second-order valence-electron chi connectivity index (χ2n) is 7.41. The van der Waals surface area contributed by atoms with Crippen LogP contribution in [0.1, 0.15) is 44.9 Å². The molecule has 2 unspecified atom stereocenters. The van der Waals surface area contributed by atoms with Crippen LogP contribution in [0.5, 0.6) is 5.75 Å². The van der Waals surface area contributed by atoms with Crippen LogP contribution < -0.4 is 4.74 Å². The summed E-state index contributed by atoms with van der Waals surface area (Å²) in [6.07, 6.45) is 2.61. The Bertz CT molecular complexity index is 653. The molecule has 1 fully saturated rings. The first-order valence-electron chi connectivity index (χ1n) is 9.97. The van der Waals surface area contributed by atoms with Crippen molar-refractivity contribution in [2.24, 2.45) is 5.92 Å². The van der Waals surface area contributed by atoms with Crippen molar-refractivity contribution in [3.8, 4) is 5.75 Å². The van der Waals surface area contributed by atoms with Gasteiger partial charge in [-0.05, 0) is 37.1 Å². The number of unbranched alkanes of at least 4 members (excludes halogenated alkanes) is 3. The van der Waals surface area contributed by atoms with E-state index in [1.165, 1.54) is 36.0 Å². The average Bonchev–Trinajstić information content (AvgIpc) is 2.94. The summed E-state index contributed by atoms with van der Waals surface area (Å²) in [5.41, 5.74) is 0. The Morgan fingerprint density at radius 3 is 2.59 bits per heavy atom. The minimum Gasteiger partial charge on any atom is -0.491 e. The van der Waals surface area contributed by atoms with Gasteiger partial charge in [-0.1, -0.05) is 19.3 Å². The summed E-state index contributed by atoms with van der Waals surface area (Å²) < 4.78 is 18.3. The van der Waals surface area contributed by atoms with Crippen LogP contribution in [-0.2, 0) is 9.59 Å². The molecule has 0 saturated heterocycles. The van der Waals surface area contributed by atoms with Crippen molar-refractivity contribution in [3.63, 3.8) is 0 Å². The third-order valence-electron chi connectivity index (χ3n) is 4.99. The highest BCUT2D eigenvalue weighted by Crippen LogP contribution is 2.36. The monoisotopic (exact) mass is 428 g/mol. The van der Waals surface area contributed by atoms with Gasteiger partial charge in [-0.3, -0.25) is 9.59 Å². The zero-order valence-electron chi connectivity index (χ0n) is 16.3. The predicted molar refractivity (Wildman–Crippen MR) is 109 cm³/mol. The first kappa shape index (κ1) is 23.6. The number of ketones is 1. The van der Waals surface area contributed by atoms with Gasteiger partial charge >= 0.3 is 5.97 Å². The number of hydrogen-bond acceptors (Lipinski definition) is 6. The molecular formula is C21H29FO6S. The van der Waals surface area contributed by atoms with Crippen LogP contribution in [0.4, 0.5) is 4.39 Å². The lowest BCUT2D eigenvalue weighted by Gasteiger charge is -2.22. The van der Waals surface area contributed by atoms with Gasteiger partial charge in [0.25, 0.3) is 0 Å². The van der Waals surface area contributed by atoms with Crippen LogP contribution in [0.3, 0.4) is 0 Å². The predicted octanol–water partition coefficient (Wildman–Crippen LogP) is 3.04. The molecule has 0 aromatic heterocycles. The van der Waals surface area contributed by atoms with E-state index in [4.69, 9.17) is 9.84 Å². The fourth-order valence-corrected chi connectivity index (χ4v) is 4.84. The molecule has 1 aliphatic rings. The summed E-state index contributed by atoms with van der Waals surface area (Å²) in [6, 6.07) is 5.54. The number of aliphatic hydroxyl groups excluding tert-OH is 2. The van der Waals surface area contributed by atoms with Crippen molar-refractivity contribution >= 4 is 23.5 Å². The van der Waals surface area contributed by atoms with Gasteiger partial charge in [0.2, 0.25) is 0 Å². The van der Waals surface area contributed by atoms with E-state index in [0.717, 1.165) is 19.3 Å².